The minimum atomic E-state index is 0. The number of aliphatic imine (C=N–C) groups is 1. The Morgan fingerprint density at radius 3 is 2.81 bits per heavy atom. The molecule has 0 bridgehead atoms. The molecule has 1 fully saturated rings. The van der Waals surface area contributed by atoms with Crippen LogP contribution in [0.3, 0.4) is 0 Å². The van der Waals surface area contributed by atoms with Gasteiger partial charge in [0.25, 0.3) is 0 Å². The molecule has 31 heavy (non-hydrogen) atoms. The van der Waals surface area contributed by atoms with Gasteiger partial charge in [-0.15, -0.1) is 24.0 Å². The van der Waals surface area contributed by atoms with Gasteiger partial charge in [-0.3, -0.25) is 4.90 Å². The van der Waals surface area contributed by atoms with Gasteiger partial charge in [-0.05, 0) is 46.2 Å². The van der Waals surface area contributed by atoms with E-state index in [1.165, 1.54) is 5.56 Å². The van der Waals surface area contributed by atoms with E-state index in [-0.39, 0.29) is 24.0 Å². The molecule has 1 aromatic rings. The Labute approximate surface area is 205 Å². The Morgan fingerprint density at radius 2 is 2.10 bits per heavy atom. The summed E-state index contributed by atoms with van der Waals surface area (Å²) in [6.07, 6.45) is 0. The maximum Gasteiger partial charge on any atom is 0.191 e. The zero-order valence-electron chi connectivity index (χ0n) is 19.8. The lowest BCUT2D eigenvalue weighted by Crippen LogP contribution is -2.53. The van der Waals surface area contributed by atoms with Crippen LogP contribution in [0, 0.1) is 6.92 Å². The lowest BCUT2D eigenvalue weighted by Gasteiger charge is -2.38. The zero-order valence-corrected chi connectivity index (χ0v) is 22.1. The van der Waals surface area contributed by atoms with E-state index in [0.29, 0.717) is 38.4 Å². The summed E-state index contributed by atoms with van der Waals surface area (Å²) in [5.74, 6) is 1.70. The number of rotatable bonds is 11. The Hall–Kier alpha value is -1.10. The Balaban J connectivity index is 0.00000480. The minimum absolute atomic E-state index is 0. The molecule has 1 aliphatic rings. The van der Waals surface area contributed by atoms with Gasteiger partial charge in [0.05, 0.1) is 26.4 Å². The normalized spacial score (nSPS) is 18.2. The van der Waals surface area contributed by atoms with Gasteiger partial charge in [-0.1, -0.05) is 12.1 Å². The number of hydrogen-bond donors (Lipinski definition) is 2. The van der Waals surface area contributed by atoms with Crippen molar-refractivity contribution in [3.63, 3.8) is 0 Å². The lowest BCUT2D eigenvalue weighted by molar-refractivity contribution is -0.0174. The molecule has 0 spiro atoms. The largest absolute Gasteiger partial charge is 0.491 e. The average molecular weight is 549 g/mol. The molecular formula is C23H41IN4O3. The smallest absolute Gasteiger partial charge is 0.191 e. The van der Waals surface area contributed by atoms with Crippen LogP contribution in [-0.2, 0) is 16.0 Å². The summed E-state index contributed by atoms with van der Waals surface area (Å²) in [5.41, 5.74) is 2.25. The second-order valence-corrected chi connectivity index (χ2v) is 7.74. The van der Waals surface area contributed by atoms with Crippen molar-refractivity contribution >= 4 is 29.9 Å². The maximum absolute atomic E-state index is 5.95. The third-order valence-corrected chi connectivity index (χ3v) is 5.21. The van der Waals surface area contributed by atoms with Crippen molar-refractivity contribution in [3.8, 4) is 5.75 Å². The standard InChI is InChI=1S/C23H40N4O3.HI/c1-6-24-23(25-15-19(4)27-10-11-29-17-20(27)5)26-16-21-9-8-18(3)14-22(21)30-13-12-28-7-2;/h8-9,14,19-20H,6-7,10-13,15-17H2,1-5H3,(H2,24,25,26);1H. The summed E-state index contributed by atoms with van der Waals surface area (Å²) in [5, 5.41) is 6.84. The third-order valence-electron chi connectivity index (χ3n) is 5.21. The number of aryl methyl sites for hydroxylation is 1. The fourth-order valence-corrected chi connectivity index (χ4v) is 3.54. The molecule has 8 heteroatoms. The second-order valence-electron chi connectivity index (χ2n) is 7.74. The second kappa shape index (κ2) is 15.7. The number of nitrogens with zero attached hydrogens (tertiary/aromatic N) is 2. The first-order valence-corrected chi connectivity index (χ1v) is 11.2. The molecule has 7 nitrogen and oxygen atoms in total. The van der Waals surface area contributed by atoms with Gasteiger partial charge in [0.2, 0.25) is 0 Å². The Bertz CT molecular complexity index is 660. The van der Waals surface area contributed by atoms with Crippen molar-refractivity contribution in [1.29, 1.82) is 0 Å². The van der Waals surface area contributed by atoms with Crippen molar-refractivity contribution < 1.29 is 14.2 Å². The highest BCUT2D eigenvalue weighted by Crippen LogP contribution is 2.21. The summed E-state index contributed by atoms with van der Waals surface area (Å²) in [6.45, 7) is 17.3. The summed E-state index contributed by atoms with van der Waals surface area (Å²) in [4.78, 5) is 7.28. The summed E-state index contributed by atoms with van der Waals surface area (Å²) in [6, 6.07) is 7.11. The molecule has 2 rings (SSSR count). The molecule has 0 saturated carbocycles. The van der Waals surface area contributed by atoms with Crippen LogP contribution in [-0.4, -0.2) is 75.6 Å². The number of guanidine groups is 1. The molecule has 0 amide bonds. The van der Waals surface area contributed by atoms with Crippen LogP contribution in [0.1, 0.15) is 38.8 Å². The van der Waals surface area contributed by atoms with Gasteiger partial charge >= 0.3 is 0 Å². The van der Waals surface area contributed by atoms with E-state index in [4.69, 9.17) is 19.2 Å². The molecule has 0 aliphatic carbocycles. The predicted molar refractivity (Wildman–Crippen MR) is 138 cm³/mol. The number of morpholine rings is 1. The molecule has 1 heterocycles. The lowest BCUT2D eigenvalue weighted by atomic mass is 10.1. The summed E-state index contributed by atoms with van der Waals surface area (Å²) >= 11 is 0. The number of nitrogens with one attached hydrogen (secondary N) is 2. The van der Waals surface area contributed by atoms with Gasteiger partial charge in [-0.25, -0.2) is 4.99 Å². The predicted octanol–water partition coefficient (Wildman–Crippen LogP) is 3.19. The van der Waals surface area contributed by atoms with Crippen molar-refractivity contribution in [2.45, 2.75) is 53.2 Å². The van der Waals surface area contributed by atoms with E-state index in [9.17, 15) is 0 Å². The SMILES string of the molecule is CCNC(=NCc1ccc(C)cc1OCCOCC)NCC(C)N1CCOCC1C.I. The van der Waals surface area contributed by atoms with E-state index in [0.717, 1.165) is 50.1 Å². The average Bonchev–Trinajstić information content (AvgIpc) is 2.74. The van der Waals surface area contributed by atoms with Gasteiger partial charge < -0.3 is 24.8 Å². The number of halogens is 1. The van der Waals surface area contributed by atoms with Crippen LogP contribution in [0.25, 0.3) is 0 Å². The topological polar surface area (TPSA) is 67.4 Å². The van der Waals surface area contributed by atoms with Crippen LogP contribution in [0.15, 0.2) is 23.2 Å². The van der Waals surface area contributed by atoms with E-state index in [1.807, 2.05) is 6.92 Å². The van der Waals surface area contributed by atoms with E-state index >= 15 is 0 Å². The van der Waals surface area contributed by atoms with Crippen LogP contribution in [0.5, 0.6) is 5.75 Å². The van der Waals surface area contributed by atoms with Crippen LogP contribution >= 0.6 is 24.0 Å². The highest BCUT2D eigenvalue weighted by Gasteiger charge is 2.23. The van der Waals surface area contributed by atoms with Crippen LogP contribution < -0.4 is 15.4 Å². The first-order chi connectivity index (χ1) is 14.5. The van der Waals surface area contributed by atoms with E-state index in [2.05, 4.69) is 61.4 Å². The van der Waals surface area contributed by atoms with Crippen molar-refractivity contribution in [3.05, 3.63) is 29.3 Å². The molecule has 2 unspecified atom stereocenters. The fraction of sp³-hybridized carbons (Fsp3) is 0.696. The molecular weight excluding hydrogens is 507 g/mol. The van der Waals surface area contributed by atoms with E-state index in [1.54, 1.807) is 0 Å². The fourth-order valence-electron chi connectivity index (χ4n) is 3.54. The van der Waals surface area contributed by atoms with Crippen LogP contribution in [0.2, 0.25) is 0 Å². The molecule has 1 aliphatic heterocycles. The monoisotopic (exact) mass is 548 g/mol. The highest BCUT2D eigenvalue weighted by molar-refractivity contribution is 14.0. The van der Waals surface area contributed by atoms with Gasteiger partial charge in [0.1, 0.15) is 12.4 Å². The first-order valence-electron chi connectivity index (χ1n) is 11.2. The summed E-state index contributed by atoms with van der Waals surface area (Å²) in [7, 11) is 0. The molecule has 2 N–H and O–H groups in total. The number of benzene rings is 1. The van der Waals surface area contributed by atoms with Crippen molar-refractivity contribution in [1.82, 2.24) is 15.5 Å². The summed E-state index contributed by atoms with van der Waals surface area (Å²) < 4.78 is 16.9. The van der Waals surface area contributed by atoms with Gasteiger partial charge in [-0.2, -0.15) is 0 Å². The maximum atomic E-state index is 5.95. The third kappa shape index (κ3) is 9.93. The quantitative estimate of drug-likeness (QED) is 0.192. The van der Waals surface area contributed by atoms with E-state index < -0.39 is 0 Å². The molecule has 0 aromatic heterocycles. The highest BCUT2D eigenvalue weighted by atomic mass is 127. The zero-order chi connectivity index (χ0) is 21.8. The first kappa shape index (κ1) is 27.9. The van der Waals surface area contributed by atoms with Crippen molar-refractivity contribution in [2.24, 2.45) is 4.99 Å². The van der Waals surface area contributed by atoms with Gasteiger partial charge in [0.15, 0.2) is 5.96 Å². The van der Waals surface area contributed by atoms with Gasteiger partial charge in [0, 0.05) is 43.9 Å². The minimum Gasteiger partial charge on any atom is -0.491 e. The van der Waals surface area contributed by atoms with Crippen molar-refractivity contribution in [2.75, 3.05) is 52.7 Å². The molecule has 1 aromatic carbocycles. The molecule has 0 radical (unpaired) electrons. The number of hydrogen-bond acceptors (Lipinski definition) is 5. The Kier molecular flexibility index (Phi) is 14.1. The Morgan fingerprint density at radius 1 is 1.29 bits per heavy atom. The van der Waals surface area contributed by atoms with Crippen LogP contribution in [0.4, 0.5) is 0 Å². The number of ether oxygens (including phenoxy) is 3. The molecule has 2 atom stereocenters. The molecule has 178 valence electrons. The molecule has 1 saturated heterocycles.